The number of hydrogen-bond donors (Lipinski definition) is 4. The van der Waals surface area contributed by atoms with E-state index in [1.54, 1.807) is 22.1 Å². The van der Waals surface area contributed by atoms with Crippen molar-refractivity contribution in [3.63, 3.8) is 0 Å². The molecule has 2 aromatic heterocycles. The number of benzene rings is 2. The minimum Gasteiger partial charge on any atom is -0.453 e. The molecule has 0 bridgehead atoms. The molecule has 300 valence electrons. The number of methoxy groups -OCH3 is 2. The molecule has 0 saturated carbocycles. The molecule has 0 spiro atoms. The Morgan fingerprint density at radius 1 is 0.915 bits per heavy atom. The van der Waals surface area contributed by atoms with Crippen molar-refractivity contribution >= 4 is 88.3 Å². The summed E-state index contributed by atoms with van der Waals surface area (Å²) >= 11 is 0. The number of carbonyl (C=O) groups is 4. The summed E-state index contributed by atoms with van der Waals surface area (Å²) in [6.07, 6.45) is 2.31. The predicted molar refractivity (Wildman–Crippen MR) is 230 cm³/mol. The molecule has 59 heavy (non-hydrogen) atoms. The summed E-state index contributed by atoms with van der Waals surface area (Å²) in [6.45, 7) is 12.2. The Kier molecular flexibility index (Phi) is 14.3. The molecule has 3 heterocycles. The molecule has 1 aliphatic heterocycles. The van der Waals surface area contributed by atoms with Gasteiger partial charge in [0.2, 0.25) is 11.8 Å². The molecule has 0 aliphatic carbocycles. The fourth-order valence-electron chi connectivity index (χ4n) is 7.28. The van der Waals surface area contributed by atoms with Gasteiger partial charge in [0.1, 0.15) is 55.1 Å². The van der Waals surface area contributed by atoms with Crippen LogP contribution >= 0.6 is 0 Å². The smallest absolute Gasteiger partial charge is 0.407 e. The highest BCUT2D eigenvalue weighted by Crippen LogP contribution is 2.32. The minimum absolute atomic E-state index is 0.141. The number of nitrogens with one attached hydrogen (secondary N) is 4. The molecule has 18 heteroatoms. The summed E-state index contributed by atoms with van der Waals surface area (Å²) < 4.78 is 9.50. The highest BCUT2D eigenvalue weighted by molar-refractivity contribution is 6.60. The first-order valence-corrected chi connectivity index (χ1v) is 19.6. The molecule has 4 N–H and O–H groups in total. The van der Waals surface area contributed by atoms with Crippen LogP contribution in [-0.2, 0) is 19.1 Å². The second kappa shape index (κ2) is 19.0. The maximum Gasteiger partial charge on any atom is 0.407 e. The van der Waals surface area contributed by atoms with Gasteiger partial charge in [0.25, 0.3) is 0 Å². The number of imidazole rings is 2. The Bertz CT molecular complexity index is 2250. The van der Waals surface area contributed by atoms with Crippen LogP contribution in [0.1, 0.15) is 95.7 Å². The monoisotopic (exact) mass is 792 g/mol. The van der Waals surface area contributed by atoms with Crippen molar-refractivity contribution in [2.75, 3.05) is 27.3 Å². The first-order chi connectivity index (χ1) is 28.0. The number of fused-ring (bicyclic) bond motifs is 1. The van der Waals surface area contributed by atoms with Gasteiger partial charge in [0.05, 0.1) is 49.2 Å². The van der Waals surface area contributed by atoms with Crippen LogP contribution in [0.4, 0.5) is 9.59 Å². The van der Waals surface area contributed by atoms with Crippen LogP contribution in [-0.4, -0.2) is 125 Å². The van der Waals surface area contributed by atoms with Crippen molar-refractivity contribution in [1.29, 1.82) is 0 Å². The number of ether oxygens (including phenoxy) is 2. The van der Waals surface area contributed by atoms with E-state index in [4.69, 9.17) is 45.8 Å². The number of hydrogen-bond acceptors (Lipinski definition) is 8. The fourth-order valence-corrected chi connectivity index (χ4v) is 7.28. The van der Waals surface area contributed by atoms with Crippen molar-refractivity contribution in [2.45, 2.75) is 85.0 Å². The lowest BCUT2D eigenvalue weighted by atomic mass is 9.64. The Morgan fingerprint density at radius 3 is 2.14 bits per heavy atom. The molecule has 5 rings (SSSR count). The van der Waals surface area contributed by atoms with Gasteiger partial charge in [0, 0.05) is 24.2 Å². The Labute approximate surface area is 350 Å². The average molecular weight is 792 g/mol. The first kappa shape index (κ1) is 44.5. The third-order valence-electron chi connectivity index (χ3n) is 10.6. The maximum atomic E-state index is 13.7. The first-order valence-electron chi connectivity index (χ1n) is 19.6. The number of amides is 4. The number of alkyl carbamates (subject to hydrolysis) is 2. The lowest BCUT2D eigenvalue weighted by Gasteiger charge is -2.32. The molecule has 4 aromatic rings. The van der Waals surface area contributed by atoms with Crippen molar-refractivity contribution in [1.82, 2.24) is 40.4 Å². The number of H-pyrrole nitrogens is 2. The van der Waals surface area contributed by atoms with Crippen LogP contribution in [0.3, 0.4) is 0 Å². The SMILES string of the molecule is [B]c1c([B])c(-c2cnc([C@@H]3CCCN3C(=O)[C@@H](NC(=O)OC)C(C)C)[nH]2)c([B])c([B])c1C#Cc1ccc2nc(C(C)N(CCC)C(=O)[C@@H](NC(=O)OC)C(C)C)[nH]c2c1. The molecule has 2 aromatic carbocycles. The molecular formula is C41H48B4N8O6. The number of carbonyl (C=O) groups excluding carboxylic acids is 4. The van der Waals surface area contributed by atoms with Crippen molar-refractivity contribution < 1.29 is 28.7 Å². The van der Waals surface area contributed by atoms with Gasteiger partial charge in [-0.05, 0) is 61.8 Å². The molecule has 1 unspecified atom stereocenters. The van der Waals surface area contributed by atoms with Crippen molar-refractivity contribution in [3.05, 3.63) is 47.2 Å². The van der Waals surface area contributed by atoms with Crippen LogP contribution in [0.2, 0.25) is 0 Å². The highest BCUT2D eigenvalue weighted by Gasteiger charge is 2.38. The van der Waals surface area contributed by atoms with Gasteiger partial charge in [0.15, 0.2) is 0 Å². The maximum absolute atomic E-state index is 13.7. The third kappa shape index (κ3) is 9.50. The average Bonchev–Trinajstić information content (AvgIpc) is 3.99. The van der Waals surface area contributed by atoms with Crippen LogP contribution < -0.4 is 32.5 Å². The van der Waals surface area contributed by atoms with Gasteiger partial charge in [-0.1, -0.05) is 68.3 Å². The van der Waals surface area contributed by atoms with E-state index < -0.39 is 30.3 Å². The van der Waals surface area contributed by atoms with Gasteiger partial charge in [-0.25, -0.2) is 19.6 Å². The highest BCUT2D eigenvalue weighted by atomic mass is 16.5. The van der Waals surface area contributed by atoms with Crippen molar-refractivity contribution in [2.24, 2.45) is 11.8 Å². The number of rotatable bonds is 12. The normalized spacial score (nSPS) is 15.4. The summed E-state index contributed by atoms with van der Waals surface area (Å²) in [6, 6.07) is 3.08. The van der Waals surface area contributed by atoms with Crippen LogP contribution in [0.5, 0.6) is 0 Å². The quantitative estimate of drug-likeness (QED) is 0.123. The van der Waals surface area contributed by atoms with Crippen LogP contribution in [0.15, 0.2) is 24.4 Å². The van der Waals surface area contributed by atoms with Gasteiger partial charge >= 0.3 is 12.2 Å². The van der Waals surface area contributed by atoms with E-state index in [1.807, 2.05) is 53.7 Å². The lowest BCUT2D eigenvalue weighted by molar-refractivity contribution is -0.137. The van der Waals surface area contributed by atoms with E-state index in [9.17, 15) is 19.2 Å². The van der Waals surface area contributed by atoms with E-state index in [-0.39, 0.29) is 57.1 Å². The predicted octanol–water partition coefficient (Wildman–Crippen LogP) is 1.25. The number of likely N-dealkylation sites (tertiary alicyclic amines) is 1. The Morgan fingerprint density at radius 2 is 1.54 bits per heavy atom. The summed E-state index contributed by atoms with van der Waals surface area (Å²) in [5, 5.41) is 5.32. The zero-order chi connectivity index (χ0) is 43.3. The zero-order valence-corrected chi connectivity index (χ0v) is 34.9. The molecular weight excluding hydrogens is 744 g/mol. The Balaban J connectivity index is 1.39. The summed E-state index contributed by atoms with van der Waals surface area (Å²) in [5.74, 6) is 6.43. The number of aromatic amines is 2. The molecule has 1 saturated heterocycles. The second-order valence-corrected chi connectivity index (χ2v) is 15.3. The van der Waals surface area contributed by atoms with E-state index in [2.05, 4.69) is 37.4 Å². The molecule has 14 nitrogen and oxygen atoms in total. The topological polar surface area (TPSA) is 175 Å². The summed E-state index contributed by atoms with van der Waals surface area (Å²) in [4.78, 5) is 70.8. The van der Waals surface area contributed by atoms with E-state index in [1.165, 1.54) is 14.2 Å². The van der Waals surface area contributed by atoms with E-state index >= 15 is 0 Å². The molecule has 8 radical (unpaired) electrons. The van der Waals surface area contributed by atoms with Gasteiger partial charge in [-0.3, -0.25) is 9.59 Å². The second-order valence-electron chi connectivity index (χ2n) is 15.3. The number of nitrogens with zero attached hydrogens (tertiary/aromatic N) is 4. The van der Waals surface area contributed by atoms with Gasteiger partial charge in [-0.2, -0.15) is 0 Å². The minimum atomic E-state index is -0.779. The van der Waals surface area contributed by atoms with E-state index in [0.29, 0.717) is 65.4 Å². The van der Waals surface area contributed by atoms with Gasteiger partial charge < -0.3 is 39.9 Å². The van der Waals surface area contributed by atoms with E-state index in [0.717, 1.165) is 6.42 Å². The fraction of sp³-hybridized carbons (Fsp3) is 0.463. The summed E-state index contributed by atoms with van der Waals surface area (Å²) in [5.41, 5.74) is 3.70. The molecule has 4 amide bonds. The largest absolute Gasteiger partial charge is 0.453 e. The molecule has 1 aliphatic rings. The van der Waals surface area contributed by atoms with Crippen LogP contribution in [0, 0.1) is 23.7 Å². The van der Waals surface area contributed by atoms with Crippen molar-refractivity contribution in [3.8, 4) is 23.1 Å². The lowest BCUT2D eigenvalue weighted by Crippen LogP contribution is -2.52. The molecule has 4 atom stereocenters. The standard InChI is InChI=1S/C41H48B4N8O6/c1-9-16-52(38(54)34(20(2)3)50-40(56)58-7)22(6)36-47-25-15-13-23(18-26(25)48-36)12-14-24-30(42)32(44)29(33(45)31(24)43)27-19-46-37(49-27)28-11-10-17-53(28)39(55)35(21(4)5)51-41(57)59-8/h13,15,18-22,28,34-35H,9-11,16-17H2,1-8H3,(H,46,49)(H,47,48)(H,50,56)(H,51,57)/t22?,28-,34-,35-/m0/s1. The Hall–Kier alpha value is -5.58. The van der Waals surface area contributed by atoms with Crippen LogP contribution in [0.25, 0.3) is 22.3 Å². The number of aromatic nitrogens is 4. The zero-order valence-electron chi connectivity index (χ0n) is 34.9. The van der Waals surface area contributed by atoms with Gasteiger partial charge in [-0.15, -0.1) is 0 Å². The third-order valence-corrected chi connectivity index (χ3v) is 10.6. The summed E-state index contributed by atoms with van der Waals surface area (Å²) in [7, 11) is 28.8. The molecule has 1 fully saturated rings.